The molecule has 0 saturated carbocycles. The monoisotopic (exact) mass is 753 g/mol. The second kappa shape index (κ2) is 15.4. The molecule has 1 aromatic heterocycles. The van der Waals surface area contributed by atoms with Gasteiger partial charge in [0.15, 0.2) is 5.16 Å². The molecule has 0 spiro atoms. The van der Waals surface area contributed by atoms with Crippen LogP contribution >= 0.6 is 23.4 Å². The molecule has 0 bridgehead atoms. The molecule has 4 rings (SSSR count). The Morgan fingerprint density at radius 1 is 1.08 bits per heavy atom. The Balaban J connectivity index is 1.66. The van der Waals surface area contributed by atoms with Crippen molar-refractivity contribution in [3.8, 4) is 11.4 Å². The summed E-state index contributed by atoms with van der Waals surface area (Å²) in [7, 11) is 3.81. The highest BCUT2D eigenvalue weighted by Gasteiger charge is 2.35. The van der Waals surface area contributed by atoms with Gasteiger partial charge in [0, 0.05) is 29.5 Å². The van der Waals surface area contributed by atoms with Crippen LogP contribution in [0, 0.1) is 17.5 Å². The lowest BCUT2D eigenvalue weighted by Crippen LogP contribution is -2.43. The largest absolute Gasteiger partial charge is 0.495 e. The van der Waals surface area contributed by atoms with Crippen molar-refractivity contribution in [3.63, 3.8) is 0 Å². The topological polar surface area (TPSA) is 102 Å². The quantitative estimate of drug-likeness (QED) is 0.102. The molecule has 9 nitrogen and oxygen atoms in total. The lowest BCUT2D eigenvalue weighted by molar-refractivity contribution is -0.870. The molecule has 1 heterocycles. The van der Waals surface area contributed by atoms with Crippen molar-refractivity contribution >= 4 is 39.4 Å². The maximum Gasteiger partial charge on any atom is 0.322 e. The molecule has 270 valence electrons. The van der Waals surface area contributed by atoms with Gasteiger partial charge in [0.1, 0.15) is 29.2 Å². The van der Waals surface area contributed by atoms with E-state index < -0.39 is 55.4 Å². The molecule has 15 heteroatoms. The van der Waals surface area contributed by atoms with E-state index in [1.165, 1.54) is 19.2 Å². The molecule has 0 aliphatic heterocycles. The molecule has 0 unspecified atom stereocenters. The minimum absolute atomic E-state index is 0.0192. The van der Waals surface area contributed by atoms with E-state index in [-0.39, 0.29) is 12.2 Å². The summed E-state index contributed by atoms with van der Waals surface area (Å²) in [4.78, 5) is 15.9. The van der Waals surface area contributed by atoms with Gasteiger partial charge in [-0.05, 0) is 66.9 Å². The molecule has 1 atom stereocenters. The summed E-state index contributed by atoms with van der Waals surface area (Å²) in [5.74, 6) is -3.84. The van der Waals surface area contributed by atoms with Gasteiger partial charge in [-0.25, -0.2) is 26.6 Å². The highest BCUT2D eigenvalue weighted by molar-refractivity contribution is 7.98. The summed E-state index contributed by atoms with van der Waals surface area (Å²) >= 11 is 7.27. The van der Waals surface area contributed by atoms with Crippen LogP contribution in [-0.2, 0) is 26.0 Å². The zero-order chi connectivity index (χ0) is 37.2. The van der Waals surface area contributed by atoms with Crippen LogP contribution in [0.2, 0.25) is 5.02 Å². The van der Waals surface area contributed by atoms with Crippen LogP contribution in [0.5, 0.6) is 5.75 Å². The minimum Gasteiger partial charge on any atom is -0.495 e. The van der Waals surface area contributed by atoms with E-state index in [9.17, 15) is 22.7 Å². The summed E-state index contributed by atoms with van der Waals surface area (Å²) in [6, 6.07) is 11.0. The number of carboxylic acid groups (broad SMARTS) is 1. The van der Waals surface area contributed by atoms with Gasteiger partial charge < -0.3 is 14.3 Å². The van der Waals surface area contributed by atoms with Crippen LogP contribution in [0.1, 0.15) is 43.5 Å². The van der Waals surface area contributed by atoms with Crippen LogP contribution in [0.25, 0.3) is 5.69 Å². The second-order valence-corrected chi connectivity index (χ2v) is 16.7. The Kier molecular flexibility index (Phi) is 12.0. The second-order valence-electron chi connectivity index (χ2n) is 13.4. The smallest absolute Gasteiger partial charge is 0.322 e. The summed E-state index contributed by atoms with van der Waals surface area (Å²) in [6.45, 7) is 4.51. The maximum absolute atomic E-state index is 15.5. The van der Waals surface area contributed by atoms with Crippen molar-refractivity contribution in [2.45, 2.75) is 54.0 Å². The minimum atomic E-state index is -4.58. The fourth-order valence-electron chi connectivity index (χ4n) is 5.47. The van der Waals surface area contributed by atoms with Crippen molar-refractivity contribution in [3.05, 3.63) is 100 Å². The molecule has 0 aliphatic carbocycles. The number of carboxylic acids is 1. The first-order chi connectivity index (χ1) is 23.3. The number of rotatable bonds is 15. The molecule has 3 aromatic carbocycles. The average molecular weight is 754 g/mol. The number of methoxy groups -OCH3 is 1. The van der Waals surface area contributed by atoms with E-state index in [0.29, 0.717) is 61.2 Å². The first kappa shape index (κ1) is 39.2. The van der Waals surface area contributed by atoms with Gasteiger partial charge in [0.25, 0.3) is 0 Å². The normalized spacial score (nSPS) is 13.1. The zero-order valence-corrected chi connectivity index (χ0v) is 31.3. The Labute approximate surface area is 300 Å². The van der Waals surface area contributed by atoms with Gasteiger partial charge in [-0.2, -0.15) is 4.31 Å². The number of aromatic nitrogens is 2. The summed E-state index contributed by atoms with van der Waals surface area (Å²) in [5, 5.41) is 10.6. The van der Waals surface area contributed by atoms with Gasteiger partial charge >= 0.3 is 5.97 Å². The number of hydrogen-bond acceptors (Lipinski definition) is 6. The fourth-order valence-corrected chi connectivity index (χ4v) is 8.04. The first-order valence-electron chi connectivity index (χ1n) is 15.6. The number of hydrogen-bond donors (Lipinski definition) is 1. The fraction of sp³-hybridized carbons (Fsp3) is 0.371. The summed E-state index contributed by atoms with van der Waals surface area (Å²) in [5.41, 5.74) is 0.948. The number of carbonyl (C=O) groups is 1. The molecule has 4 aromatic rings. The summed E-state index contributed by atoms with van der Waals surface area (Å²) in [6.07, 6.45) is 2.06. The van der Waals surface area contributed by atoms with Crippen LogP contribution in [0.4, 0.5) is 13.2 Å². The molecule has 1 N–H and O–H groups in total. The maximum atomic E-state index is 15.5. The molecule has 0 saturated heterocycles. The van der Waals surface area contributed by atoms with E-state index >= 15 is 8.78 Å². The molecule has 50 heavy (non-hydrogen) atoms. The number of ether oxygens (including phenoxy) is 1. The van der Waals surface area contributed by atoms with Crippen molar-refractivity contribution in [1.82, 2.24) is 13.9 Å². The van der Waals surface area contributed by atoms with E-state index in [1.807, 2.05) is 41.1 Å². The zero-order valence-electron chi connectivity index (χ0n) is 28.9. The number of thioether (sulfide) groups is 1. The third-order valence-corrected chi connectivity index (χ3v) is 11.6. The molecular formula is C35H41ClF3N4O5S2+. The highest BCUT2D eigenvalue weighted by Crippen LogP contribution is 2.39. The van der Waals surface area contributed by atoms with Crippen molar-refractivity contribution in [1.29, 1.82) is 0 Å². The van der Waals surface area contributed by atoms with Crippen LogP contribution < -0.4 is 4.74 Å². The third kappa shape index (κ3) is 8.65. The average Bonchev–Trinajstić information content (AvgIpc) is 3.47. The highest BCUT2D eigenvalue weighted by atomic mass is 35.5. The van der Waals surface area contributed by atoms with Gasteiger partial charge in [-0.1, -0.05) is 43.3 Å². The van der Waals surface area contributed by atoms with Gasteiger partial charge in [0.05, 0.1) is 56.6 Å². The van der Waals surface area contributed by atoms with E-state index in [4.69, 9.17) is 16.3 Å². The third-order valence-electron chi connectivity index (χ3n) is 8.50. The van der Waals surface area contributed by atoms with Gasteiger partial charge in [-0.3, -0.25) is 9.36 Å². The van der Waals surface area contributed by atoms with Crippen molar-refractivity contribution < 1.29 is 40.7 Å². The Morgan fingerprint density at radius 3 is 2.26 bits per heavy atom. The first-order valence-corrected chi connectivity index (χ1v) is 18.4. The lowest BCUT2D eigenvalue weighted by atomic mass is 9.81. The number of likely N-dealkylation sites (N-methyl/N-ethyl adjacent to an activating group) is 1. The van der Waals surface area contributed by atoms with Crippen molar-refractivity contribution in [2.75, 3.05) is 41.8 Å². The summed E-state index contributed by atoms with van der Waals surface area (Å²) < 4.78 is 80.2. The van der Waals surface area contributed by atoms with Gasteiger partial charge in [-0.15, -0.1) is 0 Å². The van der Waals surface area contributed by atoms with Crippen LogP contribution in [0.3, 0.4) is 0 Å². The van der Waals surface area contributed by atoms with E-state index in [1.54, 1.807) is 35.0 Å². The number of sulfonamides is 1. The molecule has 0 fully saturated rings. The lowest BCUT2D eigenvalue weighted by Gasteiger charge is -2.28. The predicted octanol–water partition coefficient (Wildman–Crippen LogP) is 7.13. The van der Waals surface area contributed by atoms with Crippen LogP contribution in [0.15, 0.2) is 70.8 Å². The number of aliphatic carboxylic acids is 1. The van der Waals surface area contributed by atoms with Crippen LogP contribution in [-0.4, -0.2) is 85.7 Å². The van der Waals surface area contributed by atoms with E-state index in [0.717, 1.165) is 24.4 Å². The number of nitrogens with zero attached hydrogens (tertiary/aromatic N) is 4. The molecule has 0 aliphatic rings. The Hall–Kier alpha value is -3.56. The predicted molar refractivity (Wildman–Crippen MR) is 188 cm³/mol. The number of benzene rings is 3. The molecule has 0 amide bonds. The number of imidazole rings is 1. The Bertz CT molecular complexity index is 1940. The number of halogens is 4. The van der Waals surface area contributed by atoms with Crippen molar-refractivity contribution in [2.24, 2.45) is 0 Å². The Morgan fingerprint density at radius 2 is 1.70 bits per heavy atom. The SMILES string of the molecule is COc1cc(C(C)(C)c2cnc(SCc3c(F)cc(S(=O)(=O)N(C)[C@H](CCC[N+](C)(C)C)C(=O)O)cc3F)n2-c2ccc(F)cc2)ccc1Cl. The number of quaternary nitrogens is 1. The van der Waals surface area contributed by atoms with Gasteiger partial charge in [0.2, 0.25) is 10.0 Å². The standard InChI is InChI=1S/C35H40ClF3N4O5S2/c1-35(2,22-10-15-27(36)31(17-22)48-7)32-20-40-34(42(32)24-13-11-23(37)12-14-24)49-21-26-28(38)18-25(19-29(26)39)50(46,47)41(3)30(33(44)45)9-8-16-43(4,5)6/h10-15,17-20,30H,8-9,16,21H2,1-7H3/p+1/t30-/m1/s1. The molecular weight excluding hydrogens is 713 g/mol. The van der Waals surface area contributed by atoms with E-state index in [2.05, 4.69) is 4.98 Å². The molecule has 0 radical (unpaired) electrons.